The van der Waals surface area contributed by atoms with Crippen LogP contribution in [0.4, 0.5) is 5.69 Å². The van der Waals surface area contributed by atoms with Gasteiger partial charge >= 0.3 is 0 Å². The normalized spacial score (nSPS) is 15.0. The van der Waals surface area contributed by atoms with E-state index in [0.717, 1.165) is 49.6 Å². The van der Waals surface area contributed by atoms with Gasteiger partial charge < -0.3 is 14.5 Å². The van der Waals surface area contributed by atoms with Crippen LogP contribution in [0.1, 0.15) is 29.4 Å². The molecule has 0 bridgehead atoms. The number of rotatable bonds is 4. The number of anilines is 1. The molecule has 6 nitrogen and oxygen atoms in total. The molecule has 2 heterocycles. The second kappa shape index (κ2) is 7.96. The molecule has 0 aliphatic carbocycles. The van der Waals surface area contributed by atoms with Gasteiger partial charge in [-0.25, -0.2) is 9.97 Å². The van der Waals surface area contributed by atoms with E-state index in [9.17, 15) is 4.79 Å². The molecule has 1 aliphatic heterocycles. The molecule has 2 aromatic rings. The van der Waals surface area contributed by atoms with Crippen molar-refractivity contribution in [2.45, 2.75) is 19.8 Å². The Labute approximate surface area is 148 Å². The Morgan fingerprint density at radius 1 is 1.16 bits per heavy atom. The molecular formula is C19H24N4O2. The van der Waals surface area contributed by atoms with Crippen molar-refractivity contribution in [1.82, 2.24) is 14.9 Å². The lowest BCUT2D eigenvalue weighted by Crippen LogP contribution is -2.35. The maximum Gasteiger partial charge on any atom is 0.257 e. The maximum absolute atomic E-state index is 12.9. The molecule has 1 fully saturated rings. The monoisotopic (exact) mass is 340 g/mol. The Hall–Kier alpha value is -2.63. The average Bonchev–Trinajstić information content (AvgIpc) is 2.93. The van der Waals surface area contributed by atoms with Crippen LogP contribution in [0.2, 0.25) is 0 Å². The fourth-order valence-electron chi connectivity index (χ4n) is 3.16. The van der Waals surface area contributed by atoms with Crippen LogP contribution in [-0.2, 0) is 6.42 Å². The molecule has 0 spiro atoms. The first-order valence-electron chi connectivity index (χ1n) is 8.70. The number of nitrogens with zero attached hydrogens (tertiary/aromatic N) is 4. The van der Waals surface area contributed by atoms with Crippen LogP contribution < -0.4 is 9.64 Å². The van der Waals surface area contributed by atoms with E-state index in [1.165, 1.54) is 6.33 Å². The molecule has 132 valence electrons. The van der Waals surface area contributed by atoms with E-state index >= 15 is 0 Å². The van der Waals surface area contributed by atoms with Gasteiger partial charge in [-0.15, -0.1) is 0 Å². The number of hydrogen-bond donors (Lipinski definition) is 0. The summed E-state index contributed by atoms with van der Waals surface area (Å²) in [6.45, 7) is 5.20. The van der Waals surface area contributed by atoms with Gasteiger partial charge in [-0.3, -0.25) is 4.79 Å². The molecule has 0 saturated carbocycles. The summed E-state index contributed by atoms with van der Waals surface area (Å²) in [5.41, 5.74) is 2.60. The summed E-state index contributed by atoms with van der Waals surface area (Å²) >= 11 is 0. The lowest BCUT2D eigenvalue weighted by Gasteiger charge is -2.24. The summed E-state index contributed by atoms with van der Waals surface area (Å²) in [4.78, 5) is 25.4. The summed E-state index contributed by atoms with van der Waals surface area (Å²) in [7, 11) is 1.67. The van der Waals surface area contributed by atoms with Crippen LogP contribution in [0.25, 0.3) is 0 Å². The van der Waals surface area contributed by atoms with E-state index in [2.05, 4.69) is 27.0 Å². The van der Waals surface area contributed by atoms with E-state index in [1.807, 2.05) is 24.0 Å². The molecule has 1 saturated heterocycles. The molecule has 6 heteroatoms. The highest BCUT2D eigenvalue weighted by Crippen LogP contribution is 2.21. The first kappa shape index (κ1) is 17.2. The van der Waals surface area contributed by atoms with Gasteiger partial charge in [-0.05, 0) is 37.1 Å². The number of methoxy groups -OCH3 is 1. The molecule has 3 rings (SSSR count). The average molecular weight is 340 g/mol. The highest BCUT2D eigenvalue weighted by atomic mass is 16.5. The van der Waals surface area contributed by atoms with Gasteiger partial charge in [-0.1, -0.05) is 6.92 Å². The SMILES string of the molecule is CCc1ncncc1C(=O)N1CCCN(c2ccc(OC)cc2)CC1. The van der Waals surface area contributed by atoms with Crippen molar-refractivity contribution < 1.29 is 9.53 Å². The molecule has 1 amide bonds. The molecular weight excluding hydrogens is 316 g/mol. The van der Waals surface area contributed by atoms with E-state index < -0.39 is 0 Å². The lowest BCUT2D eigenvalue weighted by atomic mass is 10.1. The number of aryl methyl sites for hydroxylation is 1. The second-order valence-corrected chi connectivity index (χ2v) is 6.07. The van der Waals surface area contributed by atoms with Crippen molar-refractivity contribution in [2.24, 2.45) is 0 Å². The zero-order valence-corrected chi connectivity index (χ0v) is 14.8. The van der Waals surface area contributed by atoms with Gasteiger partial charge in [0.1, 0.15) is 12.1 Å². The second-order valence-electron chi connectivity index (χ2n) is 6.07. The van der Waals surface area contributed by atoms with Crippen molar-refractivity contribution in [3.63, 3.8) is 0 Å². The van der Waals surface area contributed by atoms with Gasteiger partial charge in [-0.2, -0.15) is 0 Å². The van der Waals surface area contributed by atoms with Gasteiger partial charge in [0.25, 0.3) is 5.91 Å². The number of aromatic nitrogens is 2. The van der Waals surface area contributed by atoms with Crippen LogP contribution in [0.15, 0.2) is 36.8 Å². The van der Waals surface area contributed by atoms with Crippen molar-refractivity contribution in [2.75, 3.05) is 38.2 Å². The first-order chi connectivity index (χ1) is 12.2. The van der Waals surface area contributed by atoms with Crippen LogP contribution in [-0.4, -0.2) is 54.1 Å². The fraction of sp³-hybridized carbons (Fsp3) is 0.421. The molecule has 0 N–H and O–H groups in total. The molecule has 1 aromatic carbocycles. The molecule has 0 unspecified atom stereocenters. The first-order valence-corrected chi connectivity index (χ1v) is 8.70. The Balaban J connectivity index is 1.69. The van der Waals surface area contributed by atoms with E-state index in [4.69, 9.17) is 4.74 Å². The predicted octanol–water partition coefficient (Wildman–Crippen LogP) is 2.40. The van der Waals surface area contributed by atoms with Crippen LogP contribution in [0, 0.1) is 0 Å². The minimum atomic E-state index is 0.0361. The van der Waals surface area contributed by atoms with Crippen LogP contribution in [0.5, 0.6) is 5.75 Å². The minimum absolute atomic E-state index is 0.0361. The Kier molecular flexibility index (Phi) is 5.48. The standard InChI is InChI=1S/C19H24N4O2/c1-3-18-17(13-20-14-21-18)19(24)23-10-4-9-22(11-12-23)15-5-7-16(25-2)8-6-15/h5-8,13-14H,3-4,9-12H2,1-2H3. The van der Waals surface area contributed by atoms with E-state index in [1.54, 1.807) is 13.3 Å². The predicted molar refractivity (Wildman–Crippen MR) is 97.1 cm³/mol. The Morgan fingerprint density at radius 2 is 1.96 bits per heavy atom. The molecule has 1 aromatic heterocycles. The summed E-state index contributed by atoms with van der Waals surface area (Å²) in [5, 5.41) is 0. The highest BCUT2D eigenvalue weighted by Gasteiger charge is 2.22. The van der Waals surface area contributed by atoms with Gasteiger partial charge in [0.2, 0.25) is 0 Å². The van der Waals surface area contributed by atoms with E-state index in [0.29, 0.717) is 12.1 Å². The van der Waals surface area contributed by atoms with Crippen molar-refractivity contribution in [3.05, 3.63) is 48.0 Å². The van der Waals surface area contributed by atoms with Gasteiger partial charge in [0.15, 0.2) is 0 Å². The fourth-order valence-corrected chi connectivity index (χ4v) is 3.16. The third-order valence-electron chi connectivity index (χ3n) is 4.58. The molecule has 1 aliphatic rings. The maximum atomic E-state index is 12.9. The number of carbonyl (C=O) groups is 1. The number of amides is 1. The Morgan fingerprint density at radius 3 is 2.68 bits per heavy atom. The topological polar surface area (TPSA) is 58.6 Å². The quantitative estimate of drug-likeness (QED) is 0.855. The minimum Gasteiger partial charge on any atom is -0.497 e. The largest absolute Gasteiger partial charge is 0.497 e. The smallest absolute Gasteiger partial charge is 0.257 e. The summed E-state index contributed by atoms with van der Waals surface area (Å²) in [5.74, 6) is 0.889. The Bertz CT molecular complexity index is 718. The highest BCUT2D eigenvalue weighted by molar-refractivity contribution is 5.95. The summed E-state index contributed by atoms with van der Waals surface area (Å²) in [6, 6.07) is 8.07. The lowest BCUT2D eigenvalue weighted by molar-refractivity contribution is 0.0765. The van der Waals surface area contributed by atoms with Crippen molar-refractivity contribution in [1.29, 1.82) is 0 Å². The molecule has 25 heavy (non-hydrogen) atoms. The third-order valence-corrected chi connectivity index (χ3v) is 4.58. The van der Waals surface area contributed by atoms with Crippen LogP contribution >= 0.6 is 0 Å². The van der Waals surface area contributed by atoms with Crippen LogP contribution in [0.3, 0.4) is 0 Å². The van der Waals surface area contributed by atoms with Crippen molar-refractivity contribution in [3.8, 4) is 5.75 Å². The summed E-state index contributed by atoms with van der Waals surface area (Å²) in [6.07, 6.45) is 4.81. The van der Waals surface area contributed by atoms with E-state index in [-0.39, 0.29) is 5.91 Å². The van der Waals surface area contributed by atoms with Gasteiger partial charge in [0, 0.05) is 38.1 Å². The molecule has 0 radical (unpaired) electrons. The van der Waals surface area contributed by atoms with Crippen molar-refractivity contribution >= 4 is 11.6 Å². The number of carbonyl (C=O) groups excluding carboxylic acids is 1. The zero-order valence-electron chi connectivity index (χ0n) is 14.8. The third kappa shape index (κ3) is 3.90. The number of benzene rings is 1. The summed E-state index contributed by atoms with van der Waals surface area (Å²) < 4.78 is 5.22. The number of hydrogen-bond acceptors (Lipinski definition) is 5. The van der Waals surface area contributed by atoms with Gasteiger partial charge in [0.05, 0.1) is 18.4 Å². The molecule has 0 atom stereocenters. The zero-order chi connectivity index (χ0) is 17.6. The number of ether oxygens (including phenoxy) is 1.